The molecular formula is C13H6BrF2NO. The molecule has 5 heteroatoms. The van der Waals surface area contributed by atoms with Gasteiger partial charge >= 0.3 is 0 Å². The second kappa shape index (κ2) is 4.75. The van der Waals surface area contributed by atoms with Crippen LogP contribution in [0.1, 0.15) is 5.56 Å². The van der Waals surface area contributed by atoms with Crippen LogP contribution in [-0.2, 0) is 0 Å². The van der Waals surface area contributed by atoms with Crippen molar-refractivity contribution < 1.29 is 13.9 Å². The Kier molecular flexibility index (Phi) is 3.30. The van der Waals surface area contributed by atoms with Gasteiger partial charge in [0.05, 0.1) is 15.6 Å². The third-order valence-corrected chi connectivity index (χ3v) is 3.06. The van der Waals surface area contributed by atoms with Crippen LogP contribution in [0, 0.1) is 23.0 Å². The van der Waals surface area contributed by atoms with Gasteiger partial charge in [-0.3, -0.25) is 0 Å². The van der Waals surface area contributed by atoms with Crippen molar-refractivity contribution in [1.29, 1.82) is 5.26 Å². The SMILES string of the molecule is N#Cc1cc(-c2c(F)ccc(Br)c2F)ccc1O. The van der Waals surface area contributed by atoms with Crippen LogP contribution in [0.4, 0.5) is 8.78 Å². The van der Waals surface area contributed by atoms with Crippen LogP contribution >= 0.6 is 15.9 Å². The number of hydrogen-bond acceptors (Lipinski definition) is 2. The van der Waals surface area contributed by atoms with Gasteiger partial charge in [0.1, 0.15) is 23.5 Å². The predicted molar refractivity (Wildman–Crippen MR) is 65.9 cm³/mol. The fourth-order valence-electron chi connectivity index (χ4n) is 1.57. The number of phenols is 1. The first-order chi connectivity index (χ1) is 8.54. The largest absolute Gasteiger partial charge is 0.507 e. The molecule has 0 aliphatic rings. The van der Waals surface area contributed by atoms with Crippen molar-refractivity contribution in [3.8, 4) is 22.9 Å². The molecule has 18 heavy (non-hydrogen) atoms. The van der Waals surface area contributed by atoms with E-state index in [-0.39, 0.29) is 26.9 Å². The van der Waals surface area contributed by atoms with E-state index in [0.717, 1.165) is 6.07 Å². The summed E-state index contributed by atoms with van der Waals surface area (Å²) in [6.45, 7) is 0. The molecule has 0 saturated carbocycles. The van der Waals surface area contributed by atoms with Gasteiger partial charge in [0.15, 0.2) is 0 Å². The second-order valence-electron chi connectivity index (χ2n) is 3.56. The van der Waals surface area contributed by atoms with Crippen LogP contribution in [0.5, 0.6) is 5.75 Å². The van der Waals surface area contributed by atoms with Gasteiger partial charge in [0, 0.05) is 0 Å². The Hall–Kier alpha value is -1.93. The normalized spacial score (nSPS) is 10.1. The number of benzene rings is 2. The Morgan fingerprint density at radius 1 is 1.17 bits per heavy atom. The highest BCUT2D eigenvalue weighted by Crippen LogP contribution is 2.32. The zero-order chi connectivity index (χ0) is 13.3. The molecule has 0 heterocycles. The minimum Gasteiger partial charge on any atom is -0.507 e. The number of hydrogen-bond donors (Lipinski definition) is 1. The van der Waals surface area contributed by atoms with E-state index < -0.39 is 11.6 Å². The van der Waals surface area contributed by atoms with E-state index in [1.54, 1.807) is 6.07 Å². The maximum atomic E-state index is 13.9. The Balaban J connectivity index is 2.70. The van der Waals surface area contributed by atoms with Crippen LogP contribution in [0.15, 0.2) is 34.8 Å². The van der Waals surface area contributed by atoms with E-state index in [0.29, 0.717) is 0 Å². The summed E-state index contributed by atoms with van der Waals surface area (Å²) in [5.41, 5.74) is -0.0761. The molecule has 1 N–H and O–H groups in total. The van der Waals surface area contributed by atoms with Crippen molar-refractivity contribution in [2.45, 2.75) is 0 Å². The van der Waals surface area contributed by atoms with E-state index in [1.165, 1.54) is 24.3 Å². The van der Waals surface area contributed by atoms with Gasteiger partial charge in [-0.1, -0.05) is 6.07 Å². The maximum Gasteiger partial charge on any atom is 0.148 e. The molecule has 2 nitrogen and oxygen atoms in total. The van der Waals surface area contributed by atoms with E-state index in [2.05, 4.69) is 15.9 Å². The van der Waals surface area contributed by atoms with Crippen molar-refractivity contribution >= 4 is 15.9 Å². The molecule has 0 bridgehead atoms. The highest BCUT2D eigenvalue weighted by Gasteiger charge is 2.15. The topological polar surface area (TPSA) is 44.0 Å². The first-order valence-electron chi connectivity index (χ1n) is 4.91. The van der Waals surface area contributed by atoms with E-state index >= 15 is 0 Å². The molecule has 2 aromatic rings. The summed E-state index contributed by atoms with van der Waals surface area (Å²) in [6, 6.07) is 7.96. The van der Waals surface area contributed by atoms with Gasteiger partial charge in [0.2, 0.25) is 0 Å². The zero-order valence-electron chi connectivity index (χ0n) is 8.92. The average molecular weight is 310 g/mol. The van der Waals surface area contributed by atoms with Crippen LogP contribution < -0.4 is 0 Å². The molecule has 0 atom stereocenters. The van der Waals surface area contributed by atoms with Crippen LogP contribution in [0.3, 0.4) is 0 Å². The summed E-state index contributed by atoms with van der Waals surface area (Å²) >= 11 is 2.97. The van der Waals surface area contributed by atoms with Crippen molar-refractivity contribution in [2.24, 2.45) is 0 Å². The monoisotopic (exact) mass is 309 g/mol. The van der Waals surface area contributed by atoms with Crippen LogP contribution in [0.25, 0.3) is 11.1 Å². The Morgan fingerprint density at radius 2 is 1.89 bits per heavy atom. The lowest BCUT2D eigenvalue weighted by Crippen LogP contribution is -1.92. The first kappa shape index (κ1) is 12.5. The summed E-state index contributed by atoms with van der Waals surface area (Å²) in [7, 11) is 0. The van der Waals surface area contributed by atoms with Crippen molar-refractivity contribution in [2.75, 3.05) is 0 Å². The third-order valence-electron chi connectivity index (χ3n) is 2.45. The van der Waals surface area contributed by atoms with Gasteiger partial charge < -0.3 is 5.11 Å². The molecule has 0 aliphatic heterocycles. The fraction of sp³-hybridized carbons (Fsp3) is 0. The average Bonchev–Trinajstić information content (AvgIpc) is 2.36. The predicted octanol–water partition coefficient (Wildman–Crippen LogP) is 3.97. The zero-order valence-corrected chi connectivity index (χ0v) is 10.5. The molecule has 0 spiro atoms. The highest BCUT2D eigenvalue weighted by molar-refractivity contribution is 9.10. The minimum atomic E-state index is -0.746. The Bertz CT molecular complexity index is 665. The van der Waals surface area contributed by atoms with E-state index in [4.69, 9.17) is 5.26 Å². The summed E-state index contributed by atoms with van der Waals surface area (Å²) in [4.78, 5) is 0. The first-order valence-corrected chi connectivity index (χ1v) is 5.71. The molecule has 0 aromatic heterocycles. The summed E-state index contributed by atoms with van der Waals surface area (Å²) < 4.78 is 27.6. The van der Waals surface area contributed by atoms with E-state index in [9.17, 15) is 13.9 Å². The summed E-state index contributed by atoms with van der Waals surface area (Å²) in [6.07, 6.45) is 0. The summed E-state index contributed by atoms with van der Waals surface area (Å²) in [5.74, 6) is -1.70. The molecule has 0 fully saturated rings. The number of halogens is 3. The number of rotatable bonds is 1. The Labute approximate surface area is 110 Å². The third kappa shape index (κ3) is 2.07. The van der Waals surface area contributed by atoms with Crippen molar-refractivity contribution in [3.63, 3.8) is 0 Å². The minimum absolute atomic E-state index is 0.0359. The lowest BCUT2D eigenvalue weighted by atomic mass is 10.0. The lowest BCUT2D eigenvalue weighted by Gasteiger charge is -2.07. The Morgan fingerprint density at radius 3 is 2.56 bits per heavy atom. The van der Waals surface area contributed by atoms with Gasteiger partial charge in [-0.2, -0.15) is 5.26 Å². The lowest BCUT2D eigenvalue weighted by molar-refractivity contribution is 0.473. The number of nitrogens with zero attached hydrogens (tertiary/aromatic N) is 1. The van der Waals surface area contributed by atoms with Gasteiger partial charge in [-0.15, -0.1) is 0 Å². The van der Waals surface area contributed by atoms with Gasteiger partial charge in [0.25, 0.3) is 0 Å². The standard InChI is InChI=1S/C13H6BrF2NO/c14-9-2-3-10(15)12(13(9)16)7-1-4-11(18)8(5-7)6-17/h1-5,18H. The fourth-order valence-corrected chi connectivity index (χ4v) is 1.90. The molecule has 2 aromatic carbocycles. The molecule has 90 valence electrons. The number of nitriles is 1. The van der Waals surface area contributed by atoms with E-state index in [1.807, 2.05) is 0 Å². The molecule has 0 unspecified atom stereocenters. The number of aromatic hydroxyl groups is 1. The highest BCUT2D eigenvalue weighted by atomic mass is 79.9. The molecular weight excluding hydrogens is 304 g/mol. The second-order valence-corrected chi connectivity index (χ2v) is 4.42. The quantitative estimate of drug-likeness (QED) is 0.810. The summed E-state index contributed by atoms with van der Waals surface area (Å²) in [5, 5.41) is 18.1. The molecule has 0 saturated heterocycles. The van der Waals surface area contributed by atoms with Crippen molar-refractivity contribution in [3.05, 3.63) is 52.0 Å². The molecule has 0 radical (unpaired) electrons. The molecule has 2 rings (SSSR count). The molecule has 0 aliphatic carbocycles. The number of phenolic OH excluding ortho intramolecular Hbond substituents is 1. The van der Waals surface area contributed by atoms with Gasteiger partial charge in [-0.25, -0.2) is 8.78 Å². The van der Waals surface area contributed by atoms with Crippen LogP contribution in [0.2, 0.25) is 0 Å². The molecule has 0 amide bonds. The van der Waals surface area contributed by atoms with Crippen LogP contribution in [-0.4, -0.2) is 5.11 Å². The van der Waals surface area contributed by atoms with Crippen molar-refractivity contribution in [1.82, 2.24) is 0 Å². The smallest absolute Gasteiger partial charge is 0.148 e. The van der Waals surface area contributed by atoms with Gasteiger partial charge in [-0.05, 0) is 45.8 Å². The maximum absolute atomic E-state index is 13.9.